The summed E-state index contributed by atoms with van der Waals surface area (Å²) in [5, 5.41) is 2.79. The summed E-state index contributed by atoms with van der Waals surface area (Å²) in [6.45, 7) is 1.56. The largest absolute Gasteiger partial charge is 0.497 e. The topological polar surface area (TPSA) is 64.6 Å². The summed E-state index contributed by atoms with van der Waals surface area (Å²) in [6.07, 6.45) is 0. The van der Waals surface area contributed by atoms with E-state index in [1.807, 2.05) is 37.3 Å². The van der Waals surface area contributed by atoms with Crippen LogP contribution in [0, 0.1) is 0 Å². The third kappa shape index (κ3) is 4.85. The summed E-state index contributed by atoms with van der Waals surface area (Å²) in [4.78, 5) is 23.7. The van der Waals surface area contributed by atoms with Crippen LogP contribution in [0.5, 0.6) is 5.75 Å². The summed E-state index contributed by atoms with van der Waals surface area (Å²) in [7, 11) is 1.55. The van der Waals surface area contributed by atoms with Crippen molar-refractivity contribution in [2.24, 2.45) is 0 Å². The van der Waals surface area contributed by atoms with E-state index in [0.29, 0.717) is 11.3 Å². The van der Waals surface area contributed by atoms with Crippen molar-refractivity contribution in [1.29, 1.82) is 0 Å². The average Bonchev–Trinajstić information content (AvgIpc) is 2.60. The second-order valence-electron chi connectivity index (χ2n) is 5.00. The van der Waals surface area contributed by atoms with Crippen molar-refractivity contribution in [1.82, 2.24) is 5.32 Å². The molecule has 1 amide bonds. The molecule has 0 heterocycles. The fourth-order valence-corrected chi connectivity index (χ4v) is 2.05. The van der Waals surface area contributed by atoms with Crippen LogP contribution in [-0.2, 0) is 9.53 Å². The van der Waals surface area contributed by atoms with Crippen LogP contribution >= 0.6 is 0 Å². The molecule has 0 spiro atoms. The lowest BCUT2D eigenvalue weighted by molar-refractivity contribution is -0.124. The molecule has 5 nitrogen and oxygen atoms in total. The fraction of sp³-hybridized carbons (Fsp3) is 0.222. The van der Waals surface area contributed by atoms with Gasteiger partial charge in [-0.25, -0.2) is 4.79 Å². The summed E-state index contributed by atoms with van der Waals surface area (Å²) in [6, 6.07) is 15.9. The first kappa shape index (κ1) is 16.5. The van der Waals surface area contributed by atoms with Crippen LogP contribution in [0.25, 0.3) is 0 Å². The molecule has 0 saturated carbocycles. The molecule has 2 rings (SSSR count). The van der Waals surface area contributed by atoms with Crippen molar-refractivity contribution in [3.05, 3.63) is 65.7 Å². The normalized spacial score (nSPS) is 11.4. The molecule has 0 aliphatic rings. The minimum Gasteiger partial charge on any atom is -0.497 e. The number of methoxy groups -OCH3 is 1. The van der Waals surface area contributed by atoms with Crippen LogP contribution in [0.3, 0.4) is 0 Å². The zero-order chi connectivity index (χ0) is 16.7. The monoisotopic (exact) mass is 313 g/mol. The van der Waals surface area contributed by atoms with Gasteiger partial charge < -0.3 is 14.8 Å². The van der Waals surface area contributed by atoms with E-state index in [2.05, 4.69) is 5.32 Å². The van der Waals surface area contributed by atoms with Gasteiger partial charge in [0, 0.05) is 0 Å². The molecule has 2 aromatic rings. The quantitative estimate of drug-likeness (QED) is 0.833. The van der Waals surface area contributed by atoms with Crippen molar-refractivity contribution in [3.8, 4) is 5.75 Å². The van der Waals surface area contributed by atoms with E-state index < -0.39 is 5.97 Å². The molecule has 23 heavy (non-hydrogen) atoms. The number of carbonyl (C=O) groups excluding carboxylic acids is 2. The van der Waals surface area contributed by atoms with Gasteiger partial charge in [-0.2, -0.15) is 0 Å². The van der Waals surface area contributed by atoms with E-state index in [-0.39, 0.29) is 18.6 Å². The number of rotatable bonds is 6. The SMILES string of the molecule is COc1ccc(C(=O)OCC(=O)N[C@@H](C)c2ccccc2)cc1. The number of benzene rings is 2. The van der Waals surface area contributed by atoms with Crippen molar-refractivity contribution in [2.75, 3.05) is 13.7 Å². The van der Waals surface area contributed by atoms with Gasteiger partial charge >= 0.3 is 5.97 Å². The van der Waals surface area contributed by atoms with Crippen molar-refractivity contribution in [2.45, 2.75) is 13.0 Å². The second-order valence-corrected chi connectivity index (χ2v) is 5.00. The Kier molecular flexibility index (Phi) is 5.74. The summed E-state index contributed by atoms with van der Waals surface area (Å²) >= 11 is 0. The molecule has 120 valence electrons. The Morgan fingerprint density at radius 3 is 2.30 bits per heavy atom. The van der Waals surface area contributed by atoms with Gasteiger partial charge in [0.15, 0.2) is 6.61 Å². The molecule has 0 aromatic heterocycles. The van der Waals surface area contributed by atoms with E-state index in [9.17, 15) is 9.59 Å². The molecule has 0 radical (unpaired) electrons. The van der Waals surface area contributed by atoms with Crippen LogP contribution in [0.1, 0.15) is 28.9 Å². The molecule has 2 aromatic carbocycles. The lowest BCUT2D eigenvalue weighted by Gasteiger charge is -2.14. The van der Waals surface area contributed by atoms with E-state index in [1.165, 1.54) is 0 Å². The van der Waals surface area contributed by atoms with Gasteiger partial charge in [-0.1, -0.05) is 30.3 Å². The first-order valence-electron chi connectivity index (χ1n) is 7.25. The predicted octanol–water partition coefficient (Wildman–Crippen LogP) is 2.73. The minimum atomic E-state index is -0.546. The highest BCUT2D eigenvalue weighted by atomic mass is 16.5. The maximum atomic E-state index is 11.9. The highest BCUT2D eigenvalue weighted by Gasteiger charge is 2.13. The van der Waals surface area contributed by atoms with Crippen LogP contribution in [0.2, 0.25) is 0 Å². The zero-order valence-corrected chi connectivity index (χ0v) is 13.1. The molecule has 0 aliphatic heterocycles. The molecular weight excluding hydrogens is 294 g/mol. The summed E-state index contributed by atoms with van der Waals surface area (Å²) < 4.78 is 10.0. The Hall–Kier alpha value is -2.82. The van der Waals surface area contributed by atoms with E-state index in [1.54, 1.807) is 31.4 Å². The van der Waals surface area contributed by atoms with Crippen molar-refractivity contribution >= 4 is 11.9 Å². The highest BCUT2D eigenvalue weighted by Crippen LogP contribution is 2.13. The molecule has 0 unspecified atom stereocenters. The fourth-order valence-electron chi connectivity index (χ4n) is 2.05. The molecule has 5 heteroatoms. The van der Waals surface area contributed by atoms with Crippen LogP contribution < -0.4 is 10.1 Å². The molecule has 1 N–H and O–H groups in total. The lowest BCUT2D eigenvalue weighted by Crippen LogP contribution is -2.31. The van der Waals surface area contributed by atoms with Gasteiger partial charge in [0.05, 0.1) is 18.7 Å². The maximum Gasteiger partial charge on any atom is 0.338 e. The first-order valence-corrected chi connectivity index (χ1v) is 7.25. The Labute approximate surface area is 135 Å². The van der Waals surface area contributed by atoms with Gasteiger partial charge in [0.2, 0.25) is 0 Å². The van der Waals surface area contributed by atoms with Gasteiger partial charge in [-0.15, -0.1) is 0 Å². The van der Waals surface area contributed by atoms with Crippen LogP contribution in [-0.4, -0.2) is 25.6 Å². The number of hydrogen-bond donors (Lipinski definition) is 1. The van der Waals surface area contributed by atoms with E-state index >= 15 is 0 Å². The number of hydrogen-bond acceptors (Lipinski definition) is 4. The Morgan fingerprint density at radius 2 is 1.70 bits per heavy atom. The number of esters is 1. The van der Waals surface area contributed by atoms with E-state index in [4.69, 9.17) is 9.47 Å². The minimum absolute atomic E-state index is 0.150. The third-order valence-electron chi connectivity index (χ3n) is 3.34. The second kappa shape index (κ2) is 7.98. The lowest BCUT2D eigenvalue weighted by atomic mass is 10.1. The first-order chi connectivity index (χ1) is 11.1. The molecule has 0 aliphatic carbocycles. The molecule has 0 saturated heterocycles. The smallest absolute Gasteiger partial charge is 0.338 e. The van der Waals surface area contributed by atoms with Gasteiger partial charge in [-0.3, -0.25) is 4.79 Å². The highest BCUT2D eigenvalue weighted by molar-refractivity contribution is 5.91. The maximum absolute atomic E-state index is 11.9. The third-order valence-corrected chi connectivity index (χ3v) is 3.34. The van der Waals surface area contributed by atoms with Gasteiger partial charge in [-0.05, 0) is 36.8 Å². The van der Waals surface area contributed by atoms with Gasteiger partial charge in [0.1, 0.15) is 5.75 Å². The molecule has 0 bridgehead atoms. The molecule has 1 atom stereocenters. The Balaban J connectivity index is 1.82. The van der Waals surface area contributed by atoms with Crippen molar-refractivity contribution in [3.63, 3.8) is 0 Å². The summed E-state index contributed by atoms with van der Waals surface area (Å²) in [5.74, 6) is -0.241. The Morgan fingerprint density at radius 1 is 1.04 bits per heavy atom. The Bertz CT molecular complexity index is 652. The zero-order valence-electron chi connectivity index (χ0n) is 13.1. The number of amides is 1. The average molecular weight is 313 g/mol. The van der Waals surface area contributed by atoms with Gasteiger partial charge in [0.25, 0.3) is 5.91 Å². The standard InChI is InChI=1S/C18H19NO4/c1-13(14-6-4-3-5-7-14)19-17(20)12-23-18(21)15-8-10-16(22-2)11-9-15/h3-11,13H,12H2,1-2H3,(H,19,20)/t13-/m0/s1. The van der Waals surface area contributed by atoms with Crippen LogP contribution in [0.4, 0.5) is 0 Å². The van der Waals surface area contributed by atoms with E-state index in [0.717, 1.165) is 5.56 Å². The van der Waals surface area contributed by atoms with Crippen LogP contribution in [0.15, 0.2) is 54.6 Å². The predicted molar refractivity (Wildman–Crippen MR) is 86.3 cm³/mol. The molecular formula is C18H19NO4. The van der Waals surface area contributed by atoms with Crippen molar-refractivity contribution < 1.29 is 19.1 Å². The molecule has 0 fully saturated rings. The number of ether oxygens (including phenoxy) is 2. The number of nitrogens with one attached hydrogen (secondary N) is 1. The summed E-state index contributed by atoms with van der Waals surface area (Å²) in [5.41, 5.74) is 1.36. The number of carbonyl (C=O) groups is 2.